The van der Waals surface area contributed by atoms with Gasteiger partial charge in [-0.25, -0.2) is 0 Å². The van der Waals surface area contributed by atoms with Gasteiger partial charge < -0.3 is 24.8 Å². The normalized spacial score (nSPS) is 22.3. The molecule has 1 heterocycles. The molecule has 1 amide bonds. The number of carbonyl (C=O) groups excluding carboxylic acids is 2. The summed E-state index contributed by atoms with van der Waals surface area (Å²) in [5.41, 5.74) is -0.451. The fourth-order valence-electron chi connectivity index (χ4n) is 2.84. The number of carbonyl (C=O) groups is 2. The lowest BCUT2D eigenvalue weighted by molar-refractivity contribution is -0.255. The molecule has 3 unspecified atom stereocenters. The van der Waals surface area contributed by atoms with Gasteiger partial charge in [0.25, 0.3) is 0 Å². The van der Waals surface area contributed by atoms with Crippen LogP contribution in [0.5, 0.6) is 5.75 Å². The van der Waals surface area contributed by atoms with E-state index in [1.807, 2.05) is 19.1 Å². The Bertz CT molecular complexity index is 754. The lowest BCUT2D eigenvalue weighted by atomic mass is 10.1. The predicted octanol–water partition coefficient (Wildman–Crippen LogP) is 3.60. The van der Waals surface area contributed by atoms with Gasteiger partial charge in [-0.3, -0.25) is 9.59 Å². The molecule has 1 aromatic rings. The van der Waals surface area contributed by atoms with Crippen LogP contribution in [-0.2, 0) is 19.1 Å². The highest BCUT2D eigenvalue weighted by Crippen LogP contribution is 2.46. The van der Waals surface area contributed by atoms with Gasteiger partial charge >= 0.3 is 12.1 Å². The fourth-order valence-corrected chi connectivity index (χ4v) is 2.84. The number of hydrogen-bond acceptors (Lipinski definition) is 6. The van der Waals surface area contributed by atoms with E-state index in [9.17, 15) is 22.8 Å². The molecule has 2 N–H and O–H groups in total. The second kappa shape index (κ2) is 9.55. The van der Waals surface area contributed by atoms with Crippen LogP contribution in [0.4, 0.5) is 24.5 Å². The van der Waals surface area contributed by atoms with E-state index in [1.165, 1.54) is 0 Å². The Hall–Kier alpha value is -2.49. The van der Waals surface area contributed by atoms with Crippen LogP contribution >= 0.6 is 0 Å². The first kappa shape index (κ1) is 23.8. The van der Waals surface area contributed by atoms with E-state index in [0.717, 1.165) is 38.8 Å². The Labute approximate surface area is 173 Å². The van der Waals surface area contributed by atoms with Crippen molar-refractivity contribution in [1.29, 1.82) is 0 Å². The Morgan fingerprint density at radius 3 is 2.60 bits per heavy atom. The zero-order valence-corrected chi connectivity index (χ0v) is 17.3. The molecule has 3 atom stereocenters. The molecular weight excluding hydrogens is 405 g/mol. The standard InChI is InChI=1S/C15H18N2O4.C5H9F3O/c1-2-20-15(19)11-6-10(11)14-7-16-12-5-9(17-8-18)3-4-13(12)21-14;1-4(2,9-3)5(6,7)8/h3-5,8,10-11,14,16H,2,6-7H2,1H3,(H,17,18);1-3H3. The summed E-state index contributed by atoms with van der Waals surface area (Å²) in [7, 11) is 1.04. The minimum atomic E-state index is -4.28. The fraction of sp³-hybridized carbons (Fsp3) is 0.600. The molecule has 1 aromatic carbocycles. The van der Waals surface area contributed by atoms with Crippen LogP contribution in [-0.4, -0.2) is 50.5 Å². The van der Waals surface area contributed by atoms with Crippen molar-refractivity contribution >= 4 is 23.8 Å². The number of methoxy groups -OCH3 is 1. The van der Waals surface area contributed by atoms with Gasteiger partial charge in [0.2, 0.25) is 6.41 Å². The van der Waals surface area contributed by atoms with Gasteiger partial charge in [-0.2, -0.15) is 13.2 Å². The van der Waals surface area contributed by atoms with E-state index in [2.05, 4.69) is 15.4 Å². The van der Waals surface area contributed by atoms with Gasteiger partial charge in [0.15, 0.2) is 5.60 Å². The highest BCUT2D eigenvalue weighted by molar-refractivity contribution is 5.77. The maximum atomic E-state index is 11.7. The SMILES string of the molecule is CCOC(=O)C1CC1C1CNc2cc(NC=O)ccc2O1.COC(C)(C)C(F)(F)F. The lowest BCUT2D eigenvalue weighted by Gasteiger charge is -2.28. The summed E-state index contributed by atoms with van der Waals surface area (Å²) < 4.78 is 50.3. The zero-order chi connectivity index (χ0) is 22.5. The van der Waals surface area contributed by atoms with Gasteiger partial charge in [0.1, 0.15) is 11.9 Å². The number of hydrogen-bond donors (Lipinski definition) is 2. The first-order valence-electron chi connectivity index (χ1n) is 9.57. The maximum absolute atomic E-state index is 11.7. The number of benzene rings is 1. The highest BCUT2D eigenvalue weighted by Gasteiger charge is 2.50. The van der Waals surface area contributed by atoms with E-state index in [1.54, 1.807) is 6.07 Å². The van der Waals surface area contributed by atoms with E-state index in [-0.39, 0.29) is 23.9 Å². The highest BCUT2D eigenvalue weighted by atomic mass is 19.4. The molecule has 3 rings (SSSR count). The number of anilines is 2. The molecule has 1 aliphatic carbocycles. The third kappa shape index (κ3) is 5.78. The van der Waals surface area contributed by atoms with Crippen LogP contribution in [0.1, 0.15) is 27.2 Å². The van der Waals surface area contributed by atoms with Crippen molar-refractivity contribution in [2.24, 2.45) is 11.8 Å². The topological polar surface area (TPSA) is 85.9 Å². The van der Waals surface area contributed by atoms with Crippen LogP contribution < -0.4 is 15.4 Å². The lowest BCUT2D eigenvalue weighted by Crippen LogP contribution is -2.40. The second-order valence-corrected chi connectivity index (χ2v) is 7.48. The smallest absolute Gasteiger partial charge is 0.416 e. The molecule has 168 valence electrons. The number of halogens is 3. The summed E-state index contributed by atoms with van der Waals surface area (Å²) in [5.74, 6) is 0.811. The number of ether oxygens (including phenoxy) is 3. The van der Waals surface area contributed by atoms with E-state index >= 15 is 0 Å². The first-order chi connectivity index (χ1) is 14.0. The Balaban J connectivity index is 0.000000303. The molecular formula is C20H27F3N2O5. The van der Waals surface area contributed by atoms with E-state index in [0.29, 0.717) is 25.2 Å². The molecule has 1 fully saturated rings. The van der Waals surface area contributed by atoms with Crippen molar-refractivity contribution < 1.29 is 37.0 Å². The van der Waals surface area contributed by atoms with Crippen molar-refractivity contribution in [1.82, 2.24) is 0 Å². The molecule has 0 radical (unpaired) electrons. The van der Waals surface area contributed by atoms with Gasteiger partial charge in [-0.05, 0) is 45.4 Å². The monoisotopic (exact) mass is 432 g/mol. The quantitative estimate of drug-likeness (QED) is 0.528. The Morgan fingerprint density at radius 2 is 2.07 bits per heavy atom. The van der Waals surface area contributed by atoms with E-state index < -0.39 is 11.8 Å². The van der Waals surface area contributed by atoms with Crippen LogP contribution in [0.2, 0.25) is 0 Å². The average Bonchev–Trinajstić information content (AvgIpc) is 3.49. The van der Waals surface area contributed by atoms with Crippen LogP contribution in [0.3, 0.4) is 0 Å². The molecule has 10 heteroatoms. The minimum Gasteiger partial charge on any atom is -0.486 e. The summed E-state index contributed by atoms with van der Waals surface area (Å²) in [6.45, 7) is 4.84. The average molecular weight is 432 g/mol. The van der Waals surface area contributed by atoms with Gasteiger partial charge in [0, 0.05) is 18.7 Å². The van der Waals surface area contributed by atoms with E-state index in [4.69, 9.17) is 9.47 Å². The first-order valence-corrected chi connectivity index (χ1v) is 9.57. The van der Waals surface area contributed by atoms with Crippen LogP contribution in [0.15, 0.2) is 18.2 Å². The van der Waals surface area contributed by atoms with Gasteiger partial charge in [-0.1, -0.05) is 0 Å². The molecule has 7 nitrogen and oxygen atoms in total. The third-order valence-corrected chi connectivity index (χ3v) is 5.08. The van der Waals surface area contributed by atoms with Crippen molar-refractivity contribution in [3.05, 3.63) is 18.2 Å². The van der Waals surface area contributed by atoms with Gasteiger partial charge in [0.05, 0.1) is 24.8 Å². The number of esters is 1. The molecule has 2 aliphatic rings. The molecule has 0 spiro atoms. The molecule has 1 aliphatic heterocycles. The number of nitrogens with one attached hydrogen (secondary N) is 2. The summed E-state index contributed by atoms with van der Waals surface area (Å²) in [6.07, 6.45) is -2.83. The second-order valence-electron chi connectivity index (χ2n) is 7.48. The molecule has 30 heavy (non-hydrogen) atoms. The minimum absolute atomic E-state index is 0.0169. The summed E-state index contributed by atoms with van der Waals surface area (Å²) in [4.78, 5) is 22.1. The summed E-state index contributed by atoms with van der Waals surface area (Å²) >= 11 is 0. The summed E-state index contributed by atoms with van der Waals surface area (Å²) in [6, 6.07) is 5.44. The molecule has 0 saturated heterocycles. The van der Waals surface area contributed by atoms with Crippen LogP contribution in [0, 0.1) is 11.8 Å². The van der Waals surface area contributed by atoms with Crippen molar-refractivity contribution in [3.8, 4) is 5.75 Å². The zero-order valence-electron chi connectivity index (χ0n) is 17.3. The number of rotatable bonds is 6. The number of fused-ring (bicyclic) bond motifs is 1. The number of amides is 1. The summed E-state index contributed by atoms with van der Waals surface area (Å²) in [5, 5.41) is 5.89. The van der Waals surface area contributed by atoms with Gasteiger partial charge in [-0.15, -0.1) is 0 Å². The van der Waals surface area contributed by atoms with Crippen molar-refractivity contribution in [2.75, 3.05) is 30.9 Å². The predicted molar refractivity (Wildman–Crippen MR) is 104 cm³/mol. The molecule has 0 aromatic heterocycles. The molecule has 1 saturated carbocycles. The Morgan fingerprint density at radius 1 is 1.37 bits per heavy atom. The largest absolute Gasteiger partial charge is 0.486 e. The third-order valence-electron chi connectivity index (χ3n) is 5.08. The number of alkyl halides is 3. The van der Waals surface area contributed by atoms with Crippen LogP contribution in [0.25, 0.3) is 0 Å². The van der Waals surface area contributed by atoms with Crippen molar-refractivity contribution in [2.45, 2.75) is 45.1 Å². The molecule has 0 bridgehead atoms. The maximum Gasteiger partial charge on any atom is 0.416 e. The van der Waals surface area contributed by atoms with Crippen molar-refractivity contribution in [3.63, 3.8) is 0 Å². The Kier molecular flexibility index (Phi) is 7.57.